The Kier molecular flexibility index (Phi) is 7.35. The maximum absolute atomic E-state index is 12.3. The summed E-state index contributed by atoms with van der Waals surface area (Å²) >= 11 is 11.9. The SMILES string of the molecule is O=C1CC=C(C(=O)NCCC2CN(C(=O)OCc3cc(Cl)cc(Cl)c3)CCO2)N1. The average Bonchev–Trinajstić information content (AvgIpc) is 3.12. The van der Waals surface area contributed by atoms with Crippen LogP contribution in [0.4, 0.5) is 4.79 Å². The molecular weight excluding hydrogens is 421 g/mol. The third kappa shape index (κ3) is 6.35. The van der Waals surface area contributed by atoms with Crippen molar-refractivity contribution in [2.24, 2.45) is 0 Å². The normalized spacial score (nSPS) is 18.8. The first-order chi connectivity index (χ1) is 13.9. The van der Waals surface area contributed by atoms with Gasteiger partial charge in [0.1, 0.15) is 12.3 Å². The number of hydrogen-bond acceptors (Lipinski definition) is 5. The van der Waals surface area contributed by atoms with Crippen molar-refractivity contribution >= 4 is 41.1 Å². The van der Waals surface area contributed by atoms with Crippen molar-refractivity contribution in [3.63, 3.8) is 0 Å². The molecule has 10 heteroatoms. The van der Waals surface area contributed by atoms with Crippen molar-refractivity contribution in [3.05, 3.63) is 45.6 Å². The van der Waals surface area contributed by atoms with E-state index in [9.17, 15) is 14.4 Å². The van der Waals surface area contributed by atoms with Gasteiger partial charge in [0.15, 0.2) is 0 Å². The van der Waals surface area contributed by atoms with Crippen LogP contribution >= 0.6 is 23.2 Å². The van der Waals surface area contributed by atoms with Crippen LogP contribution in [0.3, 0.4) is 0 Å². The molecule has 0 bridgehead atoms. The van der Waals surface area contributed by atoms with Crippen molar-refractivity contribution in [1.29, 1.82) is 0 Å². The fraction of sp³-hybridized carbons (Fsp3) is 0.421. The largest absolute Gasteiger partial charge is 0.445 e. The number of rotatable bonds is 6. The third-order valence-electron chi connectivity index (χ3n) is 4.44. The molecule has 0 radical (unpaired) electrons. The van der Waals surface area contributed by atoms with E-state index in [-0.39, 0.29) is 36.6 Å². The predicted molar refractivity (Wildman–Crippen MR) is 106 cm³/mol. The lowest BCUT2D eigenvalue weighted by Gasteiger charge is -2.32. The second kappa shape index (κ2) is 9.96. The first kappa shape index (κ1) is 21.4. The molecule has 2 heterocycles. The second-order valence-corrected chi connectivity index (χ2v) is 7.56. The molecule has 1 atom stereocenters. The Morgan fingerprint density at radius 3 is 2.72 bits per heavy atom. The minimum atomic E-state index is -0.447. The molecule has 3 rings (SSSR count). The van der Waals surface area contributed by atoms with Gasteiger partial charge in [0.2, 0.25) is 5.91 Å². The Bertz CT molecular complexity index is 810. The fourth-order valence-electron chi connectivity index (χ4n) is 3.03. The maximum Gasteiger partial charge on any atom is 0.410 e. The molecule has 2 aliphatic heterocycles. The number of nitrogens with one attached hydrogen (secondary N) is 2. The van der Waals surface area contributed by atoms with E-state index < -0.39 is 6.09 Å². The summed E-state index contributed by atoms with van der Waals surface area (Å²) in [5, 5.41) is 6.18. The van der Waals surface area contributed by atoms with Crippen LogP contribution in [0.5, 0.6) is 0 Å². The van der Waals surface area contributed by atoms with Crippen LogP contribution in [0.25, 0.3) is 0 Å². The van der Waals surface area contributed by atoms with E-state index in [0.717, 1.165) is 0 Å². The summed E-state index contributed by atoms with van der Waals surface area (Å²) in [6.45, 7) is 1.61. The zero-order chi connectivity index (χ0) is 20.8. The van der Waals surface area contributed by atoms with Gasteiger partial charge < -0.3 is 25.0 Å². The van der Waals surface area contributed by atoms with Crippen LogP contribution in [-0.4, -0.2) is 55.2 Å². The number of benzene rings is 1. The zero-order valence-electron chi connectivity index (χ0n) is 15.6. The minimum absolute atomic E-state index is 0.0675. The highest BCUT2D eigenvalue weighted by Crippen LogP contribution is 2.20. The van der Waals surface area contributed by atoms with Gasteiger partial charge in [0.05, 0.1) is 19.3 Å². The molecule has 0 spiro atoms. The van der Waals surface area contributed by atoms with Gasteiger partial charge >= 0.3 is 6.09 Å². The van der Waals surface area contributed by atoms with Crippen molar-refractivity contribution in [3.8, 4) is 0 Å². The Labute approximate surface area is 178 Å². The number of hydrogen-bond donors (Lipinski definition) is 2. The van der Waals surface area contributed by atoms with Gasteiger partial charge in [0, 0.05) is 29.6 Å². The van der Waals surface area contributed by atoms with Gasteiger partial charge in [-0.3, -0.25) is 9.59 Å². The smallest absolute Gasteiger partial charge is 0.410 e. The lowest BCUT2D eigenvalue weighted by Crippen LogP contribution is -2.46. The molecule has 3 amide bonds. The van der Waals surface area contributed by atoms with Crippen LogP contribution < -0.4 is 10.6 Å². The molecule has 1 saturated heterocycles. The topological polar surface area (TPSA) is 97.0 Å². The number of amides is 3. The summed E-state index contributed by atoms with van der Waals surface area (Å²) in [5.74, 6) is -0.525. The molecule has 2 N–H and O–H groups in total. The van der Waals surface area contributed by atoms with Crippen LogP contribution in [0, 0.1) is 0 Å². The number of carbonyl (C=O) groups excluding carboxylic acids is 3. The third-order valence-corrected chi connectivity index (χ3v) is 4.88. The average molecular weight is 442 g/mol. The first-order valence-electron chi connectivity index (χ1n) is 9.17. The van der Waals surface area contributed by atoms with E-state index >= 15 is 0 Å². The summed E-state index contributed by atoms with van der Waals surface area (Å²) in [6.07, 6.45) is 1.63. The highest BCUT2D eigenvalue weighted by atomic mass is 35.5. The Hall–Kier alpha value is -2.29. The Morgan fingerprint density at radius 1 is 1.28 bits per heavy atom. The molecule has 29 heavy (non-hydrogen) atoms. The van der Waals surface area contributed by atoms with Gasteiger partial charge in [-0.05, 0) is 36.3 Å². The van der Waals surface area contributed by atoms with Crippen molar-refractivity contribution in [2.45, 2.75) is 25.6 Å². The van der Waals surface area contributed by atoms with Crippen LogP contribution in [0.1, 0.15) is 18.4 Å². The molecule has 1 aromatic carbocycles. The molecule has 1 unspecified atom stereocenters. The standard InChI is InChI=1S/C19H21Cl2N3O5/c20-13-7-12(8-14(21)9-13)11-29-19(27)24-5-6-28-15(10-24)3-4-22-18(26)16-1-2-17(25)23-16/h1,7-9,15H,2-6,10-11H2,(H,22,26)(H,23,25). The van der Waals surface area contributed by atoms with E-state index in [4.69, 9.17) is 32.7 Å². The summed E-state index contributed by atoms with van der Waals surface area (Å²) in [5.41, 5.74) is 0.975. The maximum atomic E-state index is 12.3. The van der Waals surface area contributed by atoms with Gasteiger partial charge in [-0.1, -0.05) is 23.2 Å². The molecule has 8 nitrogen and oxygen atoms in total. The van der Waals surface area contributed by atoms with Gasteiger partial charge in [0.25, 0.3) is 5.91 Å². The quantitative estimate of drug-likeness (QED) is 0.705. The molecule has 0 saturated carbocycles. The Balaban J connectivity index is 1.40. The summed E-state index contributed by atoms with van der Waals surface area (Å²) in [6, 6.07) is 4.98. The molecule has 2 aliphatic rings. The monoisotopic (exact) mass is 441 g/mol. The highest BCUT2D eigenvalue weighted by molar-refractivity contribution is 6.34. The number of carbonyl (C=O) groups is 3. The van der Waals surface area contributed by atoms with Gasteiger partial charge in [-0.2, -0.15) is 0 Å². The minimum Gasteiger partial charge on any atom is -0.445 e. The van der Waals surface area contributed by atoms with Crippen molar-refractivity contribution in [2.75, 3.05) is 26.2 Å². The Morgan fingerprint density at radius 2 is 2.03 bits per heavy atom. The van der Waals surface area contributed by atoms with E-state index in [1.165, 1.54) is 0 Å². The number of halogens is 2. The number of nitrogens with zero attached hydrogens (tertiary/aromatic N) is 1. The number of morpholine rings is 1. The van der Waals surface area contributed by atoms with Crippen LogP contribution in [0.2, 0.25) is 10.0 Å². The lowest BCUT2D eigenvalue weighted by atomic mass is 10.2. The number of ether oxygens (including phenoxy) is 2. The molecule has 1 aromatic rings. The van der Waals surface area contributed by atoms with E-state index in [1.807, 2.05) is 0 Å². The summed E-state index contributed by atoms with van der Waals surface area (Å²) in [4.78, 5) is 37.0. The fourth-order valence-corrected chi connectivity index (χ4v) is 3.60. The van der Waals surface area contributed by atoms with Crippen molar-refractivity contribution < 1.29 is 23.9 Å². The van der Waals surface area contributed by atoms with Gasteiger partial charge in [-0.15, -0.1) is 0 Å². The van der Waals surface area contributed by atoms with Crippen LogP contribution in [0.15, 0.2) is 30.0 Å². The lowest BCUT2D eigenvalue weighted by molar-refractivity contribution is -0.122. The van der Waals surface area contributed by atoms with Gasteiger partial charge in [-0.25, -0.2) is 4.79 Å². The molecular formula is C19H21Cl2N3O5. The van der Waals surface area contributed by atoms with Crippen LogP contribution in [-0.2, 0) is 25.7 Å². The first-order valence-corrected chi connectivity index (χ1v) is 9.93. The summed E-state index contributed by atoms with van der Waals surface area (Å²) < 4.78 is 11.0. The molecule has 0 aliphatic carbocycles. The van der Waals surface area contributed by atoms with E-state index in [2.05, 4.69) is 10.6 Å². The molecule has 1 fully saturated rings. The highest BCUT2D eigenvalue weighted by Gasteiger charge is 2.25. The van der Waals surface area contributed by atoms with E-state index in [1.54, 1.807) is 29.2 Å². The molecule has 0 aromatic heterocycles. The second-order valence-electron chi connectivity index (χ2n) is 6.69. The summed E-state index contributed by atoms with van der Waals surface area (Å²) in [7, 11) is 0. The van der Waals surface area contributed by atoms with E-state index in [0.29, 0.717) is 48.3 Å². The van der Waals surface area contributed by atoms with Crippen molar-refractivity contribution in [1.82, 2.24) is 15.5 Å². The zero-order valence-corrected chi connectivity index (χ0v) is 17.1. The predicted octanol–water partition coefficient (Wildman–Crippen LogP) is 2.24. The molecule has 156 valence electrons.